The van der Waals surface area contributed by atoms with Crippen molar-refractivity contribution in [2.24, 2.45) is 0 Å². The van der Waals surface area contributed by atoms with Gasteiger partial charge in [0.25, 0.3) is 5.91 Å². The summed E-state index contributed by atoms with van der Waals surface area (Å²) in [6, 6.07) is 9.18. The van der Waals surface area contributed by atoms with Crippen LogP contribution in [0.5, 0.6) is 0 Å². The lowest BCUT2D eigenvalue weighted by molar-refractivity contribution is 0.0746. The maximum absolute atomic E-state index is 14.0. The van der Waals surface area contributed by atoms with Crippen LogP contribution in [0.2, 0.25) is 0 Å². The zero-order valence-corrected chi connectivity index (χ0v) is 15.4. The van der Waals surface area contributed by atoms with Gasteiger partial charge in [-0.1, -0.05) is 25.0 Å². The van der Waals surface area contributed by atoms with Gasteiger partial charge in [0, 0.05) is 44.6 Å². The lowest BCUT2D eigenvalue weighted by atomic mass is 10.2. The van der Waals surface area contributed by atoms with Crippen LogP contribution in [-0.2, 0) is 0 Å². The Balaban J connectivity index is 1.38. The van der Waals surface area contributed by atoms with E-state index in [0.717, 1.165) is 5.69 Å². The average Bonchev–Trinajstić information content (AvgIpc) is 3.21. The highest BCUT2D eigenvalue weighted by atomic mass is 19.1. The molecule has 27 heavy (non-hydrogen) atoms. The first-order chi connectivity index (χ1) is 13.2. The minimum Gasteiger partial charge on any atom is -0.381 e. The summed E-state index contributed by atoms with van der Waals surface area (Å²) in [6.45, 7) is 2.40. The largest absolute Gasteiger partial charge is 0.381 e. The normalized spacial score (nSPS) is 18.0. The van der Waals surface area contributed by atoms with E-state index in [9.17, 15) is 9.18 Å². The van der Waals surface area contributed by atoms with E-state index in [0.29, 0.717) is 43.5 Å². The molecule has 0 radical (unpaired) electrons. The fraction of sp³-hybridized carbons (Fsp3) is 0.429. The van der Waals surface area contributed by atoms with Crippen LogP contribution < -0.4 is 10.2 Å². The number of nitrogens with zero attached hydrogens (tertiary/aromatic N) is 3. The van der Waals surface area contributed by atoms with Crippen LogP contribution in [0.4, 0.5) is 15.8 Å². The highest BCUT2D eigenvalue weighted by molar-refractivity contribution is 5.95. The van der Waals surface area contributed by atoms with Crippen LogP contribution >= 0.6 is 0 Å². The third kappa shape index (κ3) is 4.04. The molecule has 2 aromatic rings. The number of carbonyl (C=O) groups is 1. The van der Waals surface area contributed by atoms with E-state index >= 15 is 0 Å². The molecule has 1 aliphatic carbocycles. The van der Waals surface area contributed by atoms with Crippen molar-refractivity contribution in [3.05, 3.63) is 54.1 Å². The molecule has 5 nitrogen and oxygen atoms in total. The van der Waals surface area contributed by atoms with Crippen molar-refractivity contribution >= 4 is 17.3 Å². The number of amides is 1. The van der Waals surface area contributed by atoms with Crippen LogP contribution in [0.3, 0.4) is 0 Å². The number of hydrogen-bond donors (Lipinski definition) is 1. The van der Waals surface area contributed by atoms with Crippen LogP contribution in [0, 0.1) is 5.82 Å². The molecule has 0 bridgehead atoms. The summed E-state index contributed by atoms with van der Waals surface area (Å²) >= 11 is 0. The number of anilines is 2. The summed E-state index contributed by atoms with van der Waals surface area (Å²) in [7, 11) is 0. The van der Waals surface area contributed by atoms with Crippen molar-refractivity contribution in [2.75, 3.05) is 36.4 Å². The van der Waals surface area contributed by atoms with Gasteiger partial charge in [-0.15, -0.1) is 0 Å². The Hall–Kier alpha value is -2.63. The van der Waals surface area contributed by atoms with E-state index in [-0.39, 0.29) is 11.7 Å². The first kappa shape index (κ1) is 17.8. The van der Waals surface area contributed by atoms with Crippen molar-refractivity contribution < 1.29 is 9.18 Å². The van der Waals surface area contributed by atoms with Gasteiger partial charge >= 0.3 is 0 Å². The molecule has 1 saturated heterocycles. The van der Waals surface area contributed by atoms with Crippen molar-refractivity contribution in [1.29, 1.82) is 0 Å². The fourth-order valence-electron chi connectivity index (χ4n) is 3.98. The van der Waals surface area contributed by atoms with E-state index in [2.05, 4.69) is 10.3 Å². The molecule has 4 rings (SSSR count). The average molecular weight is 368 g/mol. The van der Waals surface area contributed by atoms with Crippen LogP contribution in [0.15, 0.2) is 42.7 Å². The lowest BCUT2D eigenvalue weighted by Crippen LogP contribution is -2.49. The van der Waals surface area contributed by atoms with Gasteiger partial charge in [-0.05, 0) is 31.0 Å². The Morgan fingerprint density at radius 1 is 1.07 bits per heavy atom. The van der Waals surface area contributed by atoms with Crippen molar-refractivity contribution in [1.82, 2.24) is 9.88 Å². The molecule has 1 amide bonds. The lowest BCUT2D eigenvalue weighted by Gasteiger charge is -2.36. The topological polar surface area (TPSA) is 48.5 Å². The van der Waals surface area contributed by atoms with Crippen LogP contribution in [0.1, 0.15) is 36.0 Å². The molecule has 1 aliphatic heterocycles. The summed E-state index contributed by atoms with van der Waals surface area (Å²) < 4.78 is 14.0. The maximum Gasteiger partial charge on any atom is 0.255 e. The number of carbonyl (C=O) groups excluding carboxylic acids is 1. The van der Waals surface area contributed by atoms with Gasteiger partial charge in [0.05, 0.1) is 16.9 Å². The quantitative estimate of drug-likeness (QED) is 0.897. The van der Waals surface area contributed by atoms with Gasteiger partial charge in [0.2, 0.25) is 0 Å². The number of piperazine rings is 1. The highest BCUT2D eigenvalue weighted by Crippen LogP contribution is 2.23. The molecule has 0 atom stereocenters. The van der Waals surface area contributed by atoms with Gasteiger partial charge in [0.15, 0.2) is 0 Å². The molecule has 0 unspecified atom stereocenters. The molecule has 1 saturated carbocycles. The standard InChI is InChI=1S/C21H25FN4O/c22-19-7-3-4-8-20(19)25-9-11-26(12-10-25)21(27)16-13-18(15-23-14-16)24-17-5-1-2-6-17/h3-4,7-8,13-15,17,24H,1-2,5-6,9-12H2. The van der Waals surface area contributed by atoms with Crippen LogP contribution in [0.25, 0.3) is 0 Å². The van der Waals surface area contributed by atoms with Gasteiger partial charge in [-0.3, -0.25) is 9.78 Å². The summed E-state index contributed by atoms with van der Waals surface area (Å²) in [5, 5.41) is 3.49. The summed E-state index contributed by atoms with van der Waals surface area (Å²) in [4.78, 5) is 20.9. The molecular formula is C21H25FN4O. The molecule has 0 spiro atoms. The predicted molar refractivity (Wildman–Crippen MR) is 105 cm³/mol. The monoisotopic (exact) mass is 368 g/mol. The number of benzene rings is 1. The minimum absolute atomic E-state index is 0.00856. The molecule has 2 heterocycles. The Bertz CT molecular complexity index is 798. The molecular weight excluding hydrogens is 343 g/mol. The third-order valence-electron chi connectivity index (χ3n) is 5.47. The zero-order chi connectivity index (χ0) is 18.6. The number of para-hydroxylation sites is 1. The predicted octanol–water partition coefficient (Wildman–Crippen LogP) is 3.54. The number of hydrogen-bond acceptors (Lipinski definition) is 4. The SMILES string of the molecule is O=C(c1cncc(NC2CCCC2)c1)N1CCN(c2ccccc2F)CC1. The van der Waals surface area contributed by atoms with E-state index in [1.807, 2.05) is 21.9 Å². The second-order valence-electron chi connectivity index (χ2n) is 7.32. The summed E-state index contributed by atoms with van der Waals surface area (Å²) in [5.74, 6) is -0.224. The van der Waals surface area contributed by atoms with Crippen molar-refractivity contribution in [2.45, 2.75) is 31.7 Å². The maximum atomic E-state index is 14.0. The second-order valence-corrected chi connectivity index (χ2v) is 7.32. The Labute approximate surface area is 159 Å². The number of nitrogens with one attached hydrogen (secondary N) is 1. The van der Waals surface area contributed by atoms with Crippen molar-refractivity contribution in [3.63, 3.8) is 0 Å². The number of pyridine rings is 1. The number of aromatic nitrogens is 1. The Morgan fingerprint density at radius 2 is 1.81 bits per heavy atom. The second kappa shape index (κ2) is 7.94. The van der Waals surface area contributed by atoms with Gasteiger partial charge in [-0.2, -0.15) is 0 Å². The molecule has 1 aromatic carbocycles. The molecule has 6 heteroatoms. The smallest absolute Gasteiger partial charge is 0.255 e. The van der Waals surface area contributed by atoms with Crippen LogP contribution in [-0.4, -0.2) is 48.0 Å². The molecule has 142 valence electrons. The molecule has 1 aromatic heterocycles. The molecule has 1 N–H and O–H groups in total. The molecule has 2 aliphatic rings. The van der Waals surface area contributed by atoms with E-state index in [1.54, 1.807) is 24.5 Å². The highest BCUT2D eigenvalue weighted by Gasteiger charge is 2.24. The first-order valence-corrected chi connectivity index (χ1v) is 9.71. The first-order valence-electron chi connectivity index (χ1n) is 9.71. The Morgan fingerprint density at radius 3 is 2.56 bits per heavy atom. The van der Waals surface area contributed by atoms with Crippen molar-refractivity contribution in [3.8, 4) is 0 Å². The van der Waals surface area contributed by atoms with Gasteiger partial charge in [0.1, 0.15) is 5.82 Å². The zero-order valence-electron chi connectivity index (χ0n) is 15.4. The van der Waals surface area contributed by atoms with Gasteiger partial charge in [-0.25, -0.2) is 4.39 Å². The third-order valence-corrected chi connectivity index (χ3v) is 5.47. The van der Waals surface area contributed by atoms with E-state index < -0.39 is 0 Å². The Kier molecular flexibility index (Phi) is 5.23. The molecule has 2 fully saturated rings. The van der Waals surface area contributed by atoms with Gasteiger partial charge < -0.3 is 15.1 Å². The summed E-state index contributed by atoms with van der Waals surface area (Å²) in [6.07, 6.45) is 8.29. The fourth-order valence-corrected chi connectivity index (χ4v) is 3.98. The van der Waals surface area contributed by atoms with E-state index in [1.165, 1.54) is 31.7 Å². The minimum atomic E-state index is -0.216. The number of rotatable bonds is 4. The summed E-state index contributed by atoms with van der Waals surface area (Å²) in [5.41, 5.74) is 2.13. The number of halogens is 1. The van der Waals surface area contributed by atoms with E-state index in [4.69, 9.17) is 0 Å².